The van der Waals surface area contributed by atoms with E-state index in [2.05, 4.69) is 15.6 Å². The van der Waals surface area contributed by atoms with E-state index in [-0.39, 0.29) is 10.6 Å². The molecule has 0 spiro atoms. The van der Waals surface area contributed by atoms with Gasteiger partial charge in [-0.2, -0.15) is 13.2 Å². The molecule has 0 radical (unpaired) electrons. The minimum atomic E-state index is -4.32. The Labute approximate surface area is 119 Å². The van der Waals surface area contributed by atoms with Crippen LogP contribution in [0.25, 0.3) is 0 Å². The van der Waals surface area contributed by atoms with Crippen molar-refractivity contribution < 1.29 is 18.0 Å². The number of nitrogens with zero attached hydrogens (tertiary/aromatic N) is 1. The molecule has 1 amide bonds. The Kier molecular flexibility index (Phi) is 5.62. The lowest BCUT2D eigenvalue weighted by molar-refractivity contribution is -0.138. The molecular weight excluding hydrogens is 295 g/mol. The predicted molar refractivity (Wildman–Crippen MR) is 71.0 cm³/mol. The maximum absolute atomic E-state index is 12.2. The molecule has 0 saturated carbocycles. The van der Waals surface area contributed by atoms with Gasteiger partial charge in [-0.15, -0.1) is 0 Å². The lowest BCUT2D eigenvalue weighted by Gasteiger charge is -2.16. The van der Waals surface area contributed by atoms with Crippen LogP contribution >= 0.6 is 11.6 Å². The van der Waals surface area contributed by atoms with E-state index in [0.29, 0.717) is 12.4 Å². The van der Waals surface area contributed by atoms with Gasteiger partial charge in [0.2, 0.25) is 0 Å². The summed E-state index contributed by atoms with van der Waals surface area (Å²) in [5.41, 5.74) is 0.116. The van der Waals surface area contributed by atoms with Crippen molar-refractivity contribution in [1.29, 1.82) is 0 Å². The first-order chi connectivity index (χ1) is 9.23. The monoisotopic (exact) mass is 309 g/mol. The zero-order valence-electron chi connectivity index (χ0n) is 11.0. The maximum atomic E-state index is 12.2. The van der Waals surface area contributed by atoms with E-state index in [1.165, 1.54) is 19.2 Å². The van der Waals surface area contributed by atoms with Crippen LogP contribution in [0.4, 0.5) is 19.0 Å². The SMILES string of the molecule is CCNc1ncc(C(=O)NC(C)CC(F)(F)F)cc1Cl. The summed E-state index contributed by atoms with van der Waals surface area (Å²) in [6, 6.07) is 0.345. The third-order valence-corrected chi connectivity index (χ3v) is 2.65. The molecule has 0 fully saturated rings. The molecule has 0 aliphatic carbocycles. The van der Waals surface area contributed by atoms with Crippen LogP contribution in [0.5, 0.6) is 0 Å². The van der Waals surface area contributed by atoms with Gasteiger partial charge in [-0.05, 0) is 19.9 Å². The van der Waals surface area contributed by atoms with Crippen molar-refractivity contribution in [1.82, 2.24) is 10.3 Å². The van der Waals surface area contributed by atoms with Gasteiger partial charge in [-0.1, -0.05) is 11.6 Å². The highest BCUT2D eigenvalue weighted by atomic mass is 35.5. The van der Waals surface area contributed by atoms with Gasteiger partial charge in [0.15, 0.2) is 0 Å². The molecular formula is C12H15ClF3N3O. The first-order valence-electron chi connectivity index (χ1n) is 6.00. The van der Waals surface area contributed by atoms with Gasteiger partial charge >= 0.3 is 6.18 Å². The van der Waals surface area contributed by atoms with E-state index >= 15 is 0 Å². The molecule has 1 aromatic rings. The van der Waals surface area contributed by atoms with Crippen molar-refractivity contribution in [2.75, 3.05) is 11.9 Å². The van der Waals surface area contributed by atoms with E-state index < -0.39 is 24.5 Å². The minimum Gasteiger partial charge on any atom is -0.369 e. The molecule has 1 aromatic heterocycles. The molecule has 0 bridgehead atoms. The normalized spacial score (nSPS) is 12.9. The Morgan fingerprint density at radius 3 is 2.65 bits per heavy atom. The van der Waals surface area contributed by atoms with Crippen molar-refractivity contribution in [3.05, 3.63) is 22.8 Å². The van der Waals surface area contributed by atoms with Crippen LogP contribution in [0.1, 0.15) is 30.6 Å². The van der Waals surface area contributed by atoms with Gasteiger partial charge in [0.1, 0.15) is 5.82 Å². The van der Waals surface area contributed by atoms with Gasteiger partial charge < -0.3 is 10.6 Å². The second-order valence-corrected chi connectivity index (χ2v) is 4.69. The number of alkyl halides is 3. The fourth-order valence-corrected chi connectivity index (χ4v) is 1.80. The van der Waals surface area contributed by atoms with Crippen molar-refractivity contribution in [3.63, 3.8) is 0 Å². The lowest BCUT2D eigenvalue weighted by atomic mass is 10.2. The summed E-state index contributed by atoms with van der Waals surface area (Å²) in [5, 5.41) is 5.38. The molecule has 1 unspecified atom stereocenters. The van der Waals surface area contributed by atoms with E-state index in [1.54, 1.807) is 0 Å². The fourth-order valence-electron chi connectivity index (χ4n) is 1.56. The summed E-state index contributed by atoms with van der Waals surface area (Å²) in [7, 11) is 0. The number of nitrogens with one attached hydrogen (secondary N) is 2. The average molecular weight is 310 g/mol. The molecule has 0 saturated heterocycles. The highest BCUT2D eigenvalue weighted by Crippen LogP contribution is 2.22. The molecule has 0 aliphatic rings. The third kappa shape index (κ3) is 5.24. The number of carbonyl (C=O) groups excluding carboxylic acids is 1. The number of anilines is 1. The topological polar surface area (TPSA) is 54.0 Å². The van der Waals surface area contributed by atoms with Crippen LogP contribution in [-0.4, -0.2) is 29.7 Å². The Balaban J connectivity index is 2.71. The first-order valence-corrected chi connectivity index (χ1v) is 6.37. The zero-order valence-corrected chi connectivity index (χ0v) is 11.8. The van der Waals surface area contributed by atoms with E-state index in [1.807, 2.05) is 6.92 Å². The molecule has 112 valence electrons. The Morgan fingerprint density at radius 1 is 1.50 bits per heavy atom. The second-order valence-electron chi connectivity index (χ2n) is 4.28. The van der Waals surface area contributed by atoms with Crippen LogP contribution in [0.3, 0.4) is 0 Å². The fraction of sp³-hybridized carbons (Fsp3) is 0.500. The zero-order chi connectivity index (χ0) is 15.3. The summed E-state index contributed by atoms with van der Waals surface area (Å²) in [6.45, 7) is 3.76. The molecule has 1 atom stereocenters. The average Bonchev–Trinajstić information content (AvgIpc) is 2.29. The van der Waals surface area contributed by atoms with E-state index in [4.69, 9.17) is 11.6 Å². The first kappa shape index (κ1) is 16.6. The number of amides is 1. The molecule has 1 heterocycles. The highest BCUT2D eigenvalue weighted by molar-refractivity contribution is 6.33. The summed E-state index contributed by atoms with van der Waals surface area (Å²) >= 11 is 5.91. The van der Waals surface area contributed by atoms with Crippen LogP contribution in [-0.2, 0) is 0 Å². The van der Waals surface area contributed by atoms with Gasteiger partial charge in [0.05, 0.1) is 17.0 Å². The second kappa shape index (κ2) is 6.78. The third-order valence-electron chi connectivity index (χ3n) is 2.36. The molecule has 0 aromatic carbocycles. The highest BCUT2D eigenvalue weighted by Gasteiger charge is 2.30. The number of pyridine rings is 1. The van der Waals surface area contributed by atoms with Crippen molar-refractivity contribution in [2.45, 2.75) is 32.5 Å². The maximum Gasteiger partial charge on any atom is 0.391 e. The van der Waals surface area contributed by atoms with Gasteiger partial charge in [-0.3, -0.25) is 4.79 Å². The quantitative estimate of drug-likeness (QED) is 0.878. The smallest absolute Gasteiger partial charge is 0.369 e. The summed E-state index contributed by atoms with van der Waals surface area (Å²) < 4.78 is 36.5. The minimum absolute atomic E-state index is 0.116. The number of rotatable bonds is 5. The van der Waals surface area contributed by atoms with Crippen molar-refractivity contribution in [3.8, 4) is 0 Å². The Bertz CT molecular complexity index is 480. The van der Waals surface area contributed by atoms with Crippen LogP contribution in [0, 0.1) is 0 Å². The molecule has 0 aliphatic heterocycles. The number of halogens is 4. The lowest BCUT2D eigenvalue weighted by Crippen LogP contribution is -2.36. The standard InChI is InChI=1S/C12H15ClF3N3O/c1-3-17-10-9(13)4-8(6-18-10)11(20)19-7(2)5-12(14,15)16/h4,6-7H,3,5H2,1-2H3,(H,17,18)(H,19,20). The Morgan fingerprint density at radius 2 is 2.15 bits per heavy atom. The van der Waals surface area contributed by atoms with E-state index in [0.717, 1.165) is 0 Å². The largest absolute Gasteiger partial charge is 0.391 e. The van der Waals surface area contributed by atoms with Gasteiger partial charge in [-0.25, -0.2) is 4.98 Å². The number of hydrogen-bond donors (Lipinski definition) is 2. The van der Waals surface area contributed by atoms with Crippen LogP contribution in [0.2, 0.25) is 5.02 Å². The van der Waals surface area contributed by atoms with Gasteiger partial charge in [0.25, 0.3) is 5.91 Å². The van der Waals surface area contributed by atoms with Crippen molar-refractivity contribution in [2.24, 2.45) is 0 Å². The molecule has 20 heavy (non-hydrogen) atoms. The van der Waals surface area contributed by atoms with Crippen molar-refractivity contribution >= 4 is 23.3 Å². The summed E-state index contributed by atoms with van der Waals surface area (Å²) in [6.07, 6.45) is -4.15. The van der Waals surface area contributed by atoms with Crippen LogP contribution < -0.4 is 10.6 Å². The Hall–Kier alpha value is -1.50. The van der Waals surface area contributed by atoms with Gasteiger partial charge in [0, 0.05) is 18.8 Å². The molecule has 1 rings (SSSR count). The number of aromatic nitrogens is 1. The number of hydrogen-bond acceptors (Lipinski definition) is 3. The summed E-state index contributed by atoms with van der Waals surface area (Å²) in [5.74, 6) is -0.215. The molecule has 2 N–H and O–H groups in total. The molecule has 8 heteroatoms. The summed E-state index contributed by atoms with van der Waals surface area (Å²) in [4.78, 5) is 15.7. The van der Waals surface area contributed by atoms with E-state index in [9.17, 15) is 18.0 Å². The van der Waals surface area contributed by atoms with Crippen LogP contribution in [0.15, 0.2) is 12.3 Å². The predicted octanol–water partition coefficient (Wildman–Crippen LogP) is 3.24. The number of carbonyl (C=O) groups is 1. The molecule has 4 nitrogen and oxygen atoms in total.